The summed E-state index contributed by atoms with van der Waals surface area (Å²) in [5.41, 5.74) is 2.67. The number of hydrogen-bond acceptors (Lipinski definition) is 4. The molecule has 0 saturated carbocycles. The Kier molecular flexibility index (Phi) is 3.94. The van der Waals surface area contributed by atoms with E-state index in [0.717, 1.165) is 31.0 Å². The highest BCUT2D eigenvalue weighted by Crippen LogP contribution is 2.31. The molecule has 7 nitrogen and oxygen atoms in total. The van der Waals surface area contributed by atoms with Gasteiger partial charge in [0.25, 0.3) is 5.56 Å². The van der Waals surface area contributed by atoms with Gasteiger partial charge in [0.05, 0.1) is 0 Å². The van der Waals surface area contributed by atoms with Gasteiger partial charge in [0.2, 0.25) is 5.95 Å². The van der Waals surface area contributed by atoms with E-state index in [-0.39, 0.29) is 11.2 Å². The number of unbranched alkanes of at least 4 members (excludes halogenated alkanes) is 1. The van der Waals surface area contributed by atoms with Crippen molar-refractivity contribution >= 4 is 22.8 Å². The molecule has 0 radical (unpaired) electrons. The molecule has 1 aromatic carbocycles. The SMILES string of the molecule is CCCCn1c(=O)c2c(nc3n2CCN3c2cccc(C)c2)n(C)c1=O. The van der Waals surface area contributed by atoms with Crippen LogP contribution < -0.4 is 16.1 Å². The summed E-state index contributed by atoms with van der Waals surface area (Å²) in [6.45, 7) is 5.99. The summed E-state index contributed by atoms with van der Waals surface area (Å²) >= 11 is 0. The maximum Gasteiger partial charge on any atom is 0.332 e. The summed E-state index contributed by atoms with van der Waals surface area (Å²) in [7, 11) is 1.69. The monoisotopic (exact) mass is 353 g/mol. The predicted octanol–water partition coefficient (Wildman–Crippen LogP) is 2.16. The van der Waals surface area contributed by atoms with Crippen molar-refractivity contribution in [3.05, 3.63) is 50.7 Å². The van der Waals surface area contributed by atoms with Crippen molar-refractivity contribution in [2.75, 3.05) is 11.4 Å². The summed E-state index contributed by atoms with van der Waals surface area (Å²) < 4.78 is 4.78. The second-order valence-corrected chi connectivity index (χ2v) is 6.88. The van der Waals surface area contributed by atoms with Crippen LogP contribution in [0.2, 0.25) is 0 Å². The molecule has 3 heterocycles. The summed E-state index contributed by atoms with van der Waals surface area (Å²) in [5, 5.41) is 0. The Balaban J connectivity index is 1.92. The fourth-order valence-corrected chi connectivity index (χ4v) is 3.63. The quantitative estimate of drug-likeness (QED) is 0.721. The topological polar surface area (TPSA) is 65.1 Å². The van der Waals surface area contributed by atoms with Crippen molar-refractivity contribution < 1.29 is 0 Å². The summed E-state index contributed by atoms with van der Waals surface area (Å²) in [4.78, 5) is 32.4. The van der Waals surface area contributed by atoms with Gasteiger partial charge in [-0.25, -0.2) is 4.79 Å². The third-order valence-corrected chi connectivity index (χ3v) is 5.05. The van der Waals surface area contributed by atoms with Gasteiger partial charge in [-0.3, -0.25) is 13.9 Å². The lowest BCUT2D eigenvalue weighted by Crippen LogP contribution is -2.39. The molecule has 0 fully saturated rings. The molecule has 0 saturated heterocycles. The molecule has 0 bridgehead atoms. The van der Waals surface area contributed by atoms with E-state index in [1.165, 1.54) is 14.7 Å². The van der Waals surface area contributed by atoms with Crippen molar-refractivity contribution in [2.24, 2.45) is 7.05 Å². The maximum absolute atomic E-state index is 13.0. The lowest BCUT2D eigenvalue weighted by atomic mass is 10.2. The largest absolute Gasteiger partial charge is 0.332 e. The molecule has 4 rings (SSSR count). The van der Waals surface area contributed by atoms with Gasteiger partial charge in [0.15, 0.2) is 11.2 Å². The van der Waals surface area contributed by atoms with Crippen LogP contribution in [0.25, 0.3) is 11.2 Å². The zero-order valence-corrected chi connectivity index (χ0v) is 15.4. The van der Waals surface area contributed by atoms with Crippen molar-refractivity contribution in [1.82, 2.24) is 18.7 Å². The fourth-order valence-electron chi connectivity index (χ4n) is 3.63. The molecule has 0 aliphatic carbocycles. The van der Waals surface area contributed by atoms with Crippen molar-refractivity contribution in [3.8, 4) is 0 Å². The van der Waals surface area contributed by atoms with Gasteiger partial charge >= 0.3 is 5.69 Å². The smallest absolute Gasteiger partial charge is 0.310 e. The first kappa shape index (κ1) is 16.6. The van der Waals surface area contributed by atoms with E-state index >= 15 is 0 Å². The lowest BCUT2D eigenvalue weighted by Gasteiger charge is -2.16. The first-order valence-corrected chi connectivity index (χ1v) is 9.07. The highest BCUT2D eigenvalue weighted by atomic mass is 16.2. The number of fused-ring (bicyclic) bond motifs is 3. The minimum atomic E-state index is -0.296. The number of imidazole rings is 1. The number of aryl methyl sites for hydroxylation is 2. The van der Waals surface area contributed by atoms with Gasteiger partial charge in [0.1, 0.15) is 0 Å². The number of rotatable bonds is 4. The molecular weight excluding hydrogens is 330 g/mol. The fraction of sp³-hybridized carbons (Fsp3) is 0.421. The Labute approximate surface area is 151 Å². The highest BCUT2D eigenvalue weighted by Gasteiger charge is 2.28. The number of hydrogen-bond donors (Lipinski definition) is 0. The Hall–Kier alpha value is -2.83. The van der Waals surface area contributed by atoms with E-state index in [1.807, 2.05) is 23.6 Å². The lowest BCUT2D eigenvalue weighted by molar-refractivity contribution is 0.564. The molecule has 136 valence electrons. The summed E-state index contributed by atoms with van der Waals surface area (Å²) in [6.07, 6.45) is 1.73. The first-order chi connectivity index (χ1) is 12.5. The number of nitrogens with zero attached hydrogens (tertiary/aromatic N) is 5. The number of anilines is 2. The van der Waals surface area contributed by atoms with Crippen LogP contribution in [0.1, 0.15) is 25.3 Å². The zero-order valence-electron chi connectivity index (χ0n) is 15.4. The Morgan fingerprint density at radius 3 is 2.73 bits per heavy atom. The minimum Gasteiger partial charge on any atom is -0.310 e. The zero-order chi connectivity index (χ0) is 18.4. The van der Waals surface area contributed by atoms with Gasteiger partial charge in [-0.1, -0.05) is 25.5 Å². The standard InChI is InChI=1S/C19H23N5O2/c1-4-5-9-24-17(25)15-16(21(3)19(24)26)20-18-22(10-11-23(15)18)14-8-6-7-13(2)12-14/h6-8,12H,4-5,9-11H2,1-3H3. The van der Waals surface area contributed by atoms with Crippen LogP contribution in [0.3, 0.4) is 0 Å². The van der Waals surface area contributed by atoms with Crippen LogP contribution >= 0.6 is 0 Å². The van der Waals surface area contributed by atoms with E-state index < -0.39 is 0 Å². The van der Waals surface area contributed by atoms with Crippen LogP contribution in [-0.2, 0) is 20.1 Å². The highest BCUT2D eigenvalue weighted by molar-refractivity contribution is 5.77. The summed E-state index contributed by atoms with van der Waals surface area (Å²) in [6, 6.07) is 8.22. The molecule has 26 heavy (non-hydrogen) atoms. The minimum absolute atomic E-state index is 0.235. The summed E-state index contributed by atoms with van der Waals surface area (Å²) in [5.74, 6) is 0.728. The maximum atomic E-state index is 13.0. The van der Waals surface area contributed by atoms with Gasteiger partial charge in [-0.15, -0.1) is 0 Å². The van der Waals surface area contributed by atoms with Crippen LogP contribution in [0.4, 0.5) is 11.6 Å². The van der Waals surface area contributed by atoms with Crippen LogP contribution in [0, 0.1) is 6.92 Å². The first-order valence-electron chi connectivity index (χ1n) is 9.07. The second-order valence-electron chi connectivity index (χ2n) is 6.88. The average molecular weight is 353 g/mol. The molecule has 7 heteroatoms. The van der Waals surface area contributed by atoms with Crippen molar-refractivity contribution in [3.63, 3.8) is 0 Å². The van der Waals surface area contributed by atoms with E-state index in [0.29, 0.717) is 24.3 Å². The molecule has 1 aliphatic heterocycles. The Morgan fingerprint density at radius 1 is 1.19 bits per heavy atom. The molecule has 2 aromatic heterocycles. The Morgan fingerprint density at radius 2 is 2.00 bits per heavy atom. The van der Waals surface area contributed by atoms with Crippen molar-refractivity contribution in [2.45, 2.75) is 39.8 Å². The molecule has 3 aromatic rings. The second kappa shape index (κ2) is 6.16. The van der Waals surface area contributed by atoms with Gasteiger partial charge in [0, 0.05) is 32.4 Å². The van der Waals surface area contributed by atoms with Gasteiger partial charge < -0.3 is 9.47 Å². The van der Waals surface area contributed by atoms with Crippen LogP contribution in [0.5, 0.6) is 0 Å². The molecule has 0 amide bonds. The van der Waals surface area contributed by atoms with E-state index in [4.69, 9.17) is 0 Å². The Bertz CT molecular complexity index is 1110. The molecule has 0 N–H and O–H groups in total. The molecule has 0 atom stereocenters. The van der Waals surface area contributed by atoms with Crippen molar-refractivity contribution in [1.29, 1.82) is 0 Å². The number of aromatic nitrogens is 4. The molecule has 0 unspecified atom stereocenters. The molecular formula is C19H23N5O2. The third-order valence-electron chi connectivity index (χ3n) is 5.05. The normalized spacial score (nSPS) is 13.6. The van der Waals surface area contributed by atoms with Crippen LogP contribution in [-0.4, -0.2) is 25.2 Å². The predicted molar refractivity (Wildman–Crippen MR) is 102 cm³/mol. The molecule has 1 aliphatic rings. The van der Waals surface area contributed by atoms with Gasteiger partial charge in [-0.2, -0.15) is 4.98 Å². The van der Waals surface area contributed by atoms with E-state index in [1.54, 1.807) is 7.05 Å². The van der Waals surface area contributed by atoms with Gasteiger partial charge in [-0.05, 0) is 31.0 Å². The van der Waals surface area contributed by atoms with E-state index in [2.05, 4.69) is 28.9 Å². The van der Waals surface area contributed by atoms with Crippen LogP contribution in [0.15, 0.2) is 33.9 Å². The van der Waals surface area contributed by atoms with E-state index in [9.17, 15) is 9.59 Å². The molecule has 0 spiro atoms. The average Bonchev–Trinajstić information content (AvgIpc) is 3.19. The third kappa shape index (κ3) is 2.38. The number of benzene rings is 1.